The molecule has 0 aliphatic rings. The van der Waals surface area contributed by atoms with Crippen LogP contribution in [0.15, 0.2) is 54.0 Å². The van der Waals surface area contributed by atoms with Crippen molar-refractivity contribution in [3.63, 3.8) is 0 Å². The number of benzene rings is 2. The Bertz CT molecular complexity index is 975. The second-order valence-electron chi connectivity index (χ2n) is 4.98. The second-order valence-corrected chi connectivity index (χ2v) is 6.68. The lowest BCUT2D eigenvalue weighted by atomic mass is 10.2. The zero-order valence-electron chi connectivity index (χ0n) is 12.6. The lowest BCUT2D eigenvalue weighted by Crippen LogP contribution is -1.92. The molecule has 3 aromatic rings. The first-order valence-corrected chi connectivity index (χ1v) is 8.74. The van der Waals surface area contributed by atoms with Crippen LogP contribution in [-0.2, 0) is 0 Å². The van der Waals surface area contributed by atoms with Gasteiger partial charge in [-0.05, 0) is 42.5 Å². The number of hydrogen-bond donors (Lipinski definition) is 1. The summed E-state index contributed by atoms with van der Waals surface area (Å²) in [6.45, 7) is 0. The fraction of sp³-hybridized carbons (Fsp3) is 0. The smallest absolute Gasteiger partial charge is 0.136 e. The number of nitriles is 1. The van der Waals surface area contributed by atoms with Crippen LogP contribution >= 0.6 is 34.5 Å². The normalized spacial score (nSPS) is 11.2. The SMILES string of the molecule is N#C/C(=C/Nc1cc(Cl)ccc1Cl)c1nc(-c2ccc(F)cc2)cs1. The van der Waals surface area contributed by atoms with Crippen LogP contribution in [0.4, 0.5) is 10.1 Å². The van der Waals surface area contributed by atoms with Crippen molar-refractivity contribution in [2.75, 3.05) is 5.32 Å². The summed E-state index contributed by atoms with van der Waals surface area (Å²) in [5, 5.41) is 15.8. The van der Waals surface area contributed by atoms with Crippen LogP contribution in [0, 0.1) is 17.1 Å². The van der Waals surface area contributed by atoms with Gasteiger partial charge in [-0.25, -0.2) is 9.37 Å². The van der Waals surface area contributed by atoms with E-state index >= 15 is 0 Å². The van der Waals surface area contributed by atoms with Crippen LogP contribution in [0.2, 0.25) is 10.0 Å². The van der Waals surface area contributed by atoms with Crippen molar-refractivity contribution in [2.24, 2.45) is 0 Å². The van der Waals surface area contributed by atoms with E-state index in [0.29, 0.717) is 32.0 Å². The predicted molar refractivity (Wildman–Crippen MR) is 101 cm³/mol. The second kappa shape index (κ2) is 7.66. The Balaban J connectivity index is 1.85. The van der Waals surface area contributed by atoms with Gasteiger partial charge in [-0.15, -0.1) is 11.3 Å². The third-order valence-electron chi connectivity index (χ3n) is 3.30. The molecule has 0 aliphatic carbocycles. The Morgan fingerprint density at radius 2 is 1.96 bits per heavy atom. The summed E-state index contributed by atoms with van der Waals surface area (Å²) in [4.78, 5) is 4.44. The first-order chi connectivity index (χ1) is 12.1. The summed E-state index contributed by atoms with van der Waals surface area (Å²) < 4.78 is 13.0. The fourth-order valence-electron chi connectivity index (χ4n) is 2.05. The van der Waals surface area contributed by atoms with Gasteiger partial charge in [0.1, 0.15) is 22.5 Å². The Hall–Kier alpha value is -2.39. The maximum Gasteiger partial charge on any atom is 0.136 e. The summed E-state index contributed by atoms with van der Waals surface area (Å²) in [5.74, 6) is -0.306. The molecular weight excluding hydrogens is 380 g/mol. The molecule has 1 aromatic heterocycles. The Morgan fingerprint density at radius 1 is 1.20 bits per heavy atom. The van der Waals surface area contributed by atoms with Gasteiger partial charge in [0.05, 0.1) is 16.4 Å². The van der Waals surface area contributed by atoms with Gasteiger partial charge in [-0.3, -0.25) is 0 Å². The molecule has 1 heterocycles. The van der Waals surface area contributed by atoms with Gasteiger partial charge in [0.2, 0.25) is 0 Å². The van der Waals surface area contributed by atoms with Crippen molar-refractivity contribution in [1.29, 1.82) is 5.26 Å². The van der Waals surface area contributed by atoms with Crippen molar-refractivity contribution < 1.29 is 4.39 Å². The Labute approximate surface area is 158 Å². The van der Waals surface area contributed by atoms with Crippen LogP contribution in [0.1, 0.15) is 5.01 Å². The predicted octanol–water partition coefficient (Wildman–Crippen LogP) is 6.23. The van der Waals surface area contributed by atoms with E-state index in [9.17, 15) is 9.65 Å². The highest BCUT2D eigenvalue weighted by Crippen LogP contribution is 2.28. The van der Waals surface area contributed by atoms with E-state index in [1.807, 2.05) is 5.38 Å². The van der Waals surface area contributed by atoms with Gasteiger partial charge in [0, 0.05) is 22.2 Å². The number of nitrogens with zero attached hydrogens (tertiary/aromatic N) is 2. The van der Waals surface area contributed by atoms with Crippen molar-refractivity contribution in [1.82, 2.24) is 4.98 Å². The molecule has 25 heavy (non-hydrogen) atoms. The van der Waals surface area contributed by atoms with Crippen LogP contribution in [0.5, 0.6) is 0 Å². The number of allylic oxidation sites excluding steroid dienone is 1. The first kappa shape index (κ1) is 17.4. The van der Waals surface area contributed by atoms with Gasteiger partial charge in [0.25, 0.3) is 0 Å². The third kappa shape index (κ3) is 4.18. The summed E-state index contributed by atoms with van der Waals surface area (Å²) in [5.41, 5.74) is 2.42. The molecule has 0 saturated carbocycles. The largest absolute Gasteiger partial charge is 0.359 e. The van der Waals surface area contributed by atoms with Crippen molar-refractivity contribution in [3.05, 3.63) is 74.9 Å². The molecule has 3 nitrogen and oxygen atoms in total. The molecule has 0 spiro atoms. The van der Waals surface area contributed by atoms with Gasteiger partial charge in [0.15, 0.2) is 0 Å². The Morgan fingerprint density at radius 3 is 2.68 bits per heavy atom. The van der Waals surface area contributed by atoms with E-state index in [0.717, 1.165) is 5.56 Å². The average Bonchev–Trinajstić information content (AvgIpc) is 3.09. The van der Waals surface area contributed by atoms with Crippen molar-refractivity contribution in [2.45, 2.75) is 0 Å². The topological polar surface area (TPSA) is 48.7 Å². The highest BCUT2D eigenvalue weighted by atomic mass is 35.5. The molecule has 0 fully saturated rings. The lowest BCUT2D eigenvalue weighted by molar-refractivity contribution is 0.628. The number of aromatic nitrogens is 1. The standard InChI is InChI=1S/C18H10Cl2FN3S/c19-13-3-6-15(20)16(7-13)23-9-12(8-22)18-24-17(10-25-18)11-1-4-14(21)5-2-11/h1-7,9-10,23H/b12-9-. The molecule has 7 heteroatoms. The highest BCUT2D eigenvalue weighted by molar-refractivity contribution is 7.11. The fourth-order valence-corrected chi connectivity index (χ4v) is 3.19. The first-order valence-electron chi connectivity index (χ1n) is 7.10. The van der Waals surface area contributed by atoms with Crippen LogP contribution in [0.25, 0.3) is 16.8 Å². The van der Waals surface area contributed by atoms with Crippen molar-refractivity contribution >= 4 is 45.8 Å². The number of anilines is 1. The summed E-state index contributed by atoms with van der Waals surface area (Å²) in [7, 11) is 0. The highest BCUT2D eigenvalue weighted by Gasteiger charge is 2.09. The minimum atomic E-state index is -0.306. The van der Waals surface area contributed by atoms with E-state index in [2.05, 4.69) is 16.4 Å². The number of nitrogens with one attached hydrogen (secondary N) is 1. The van der Waals surface area contributed by atoms with E-state index < -0.39 is 0 Å². The van der Waals surface area contributed by atoms with Gasteiger partial charge >= 0.3 is 0 Å². The molecule has 2 aromatic carbocycles. The minimum absolute atomic E-state index is 0.306. The van der Waals surface area contributed by atoms with Crippen LogP contribution in [0.3, 0.4) is 0 Å². The number of rotatable bonds is 4. The minimum Gasteiger partial charge on any atom is -0.359 e. The molecule has 124 valence electrons. The molecule has 0 bridgehead atoms. The summed E-state index contributed by atoms with van der Waals surface area (Å²) >= 11 is 13.4. The summed E-state index contributed by atoms with van der Waals surface area (Å²) in [6, 6.07) is 13.2. The van der Waals surface area contributed by atoms with E-state index in [1.165, 1.54) is 29.7 Å². The van der Waals surface area contributed by atoms with Gasteiger partial charge in [-0.2, -0.15) is 5.26 Å². The van der Waals surface area contributed by atoms with Crippen molar-refractivity contribution in [3.8, 4) is 17.3 Å². The van der Waals surface area contributed by atoms with Gasteiger partial charge in [-0.1, -0.05) is 23.2 Å². The number of hydrogen-bond acceptors (Lipinski definition) is 4. The molecule has 0 aliphatic heterocycles. The van der Waals surface area contributed by atoms with Gasteiger partial charge < -0.3 is 5.32 Å². The number of thiazole rings is 1. The number of halogens is 3. The molecular formula is C18H10Cl2FN3S. The quantitative estimate of drug-likeness (QED) is 0.537. The average molecular weight is 390 g/mol. The molecule has 3 rings (SSSR count). The zero-order chi connectivity index (χ0) is 17.8. The lowest BCUT2D eigenvalue weighted by Gasteiger charge is -2.04. The zero-order valence-corrected chi connectivity index (χ0v) is 15.0. The van der Waals surface area contributed by atoms with Crippen LogP contribution < -0.4 is 5.32 Å². The Kier molecular flexibility index (Phi) is 5.34. The molecule has 0 amide bonds. The van der Waals surface area contributed by atoms with E-state index in [-0.39, 0.29) is 5.82 Å². The maximum absolute atomic E-state index is 13.0. The van der Waals surface area contributed by atoms with Crippen LogP contribution in [-0.4, -0.2) is 4.98 Å². The summed E-state index contributed by atoms with van der Waals surface area (Å²) in [6.07, 6.45) is 1.53. The molecule has 0 radical (unpaired) electrons. The van der Waals surface area contributed by atoms with E-state index in [1.54, 1.807) is 30.3 Å². The third-order valence-corrected chi connectivity index (χ3v) is 4.74. The monoisotopic (exact) mass is 389 g/mol. The molecule has 1 N–H and O–H groups in total. The van der Waals surface area contributed by atoms with E-state index in [4.69, 9.17) is 23.2 Å². The maximum atomic E-state index is 13.0. The molecule has 0 atom stereocenters. The molecule has 0 saturated heterocycles. The molecule has 0 unspecified atom stereocenters.